The van der Waals surface area contributed by atoms with E-state index >= 15 is 0 Å². The van der Waals surface area contributed by atoms with E-state index in [2.05, 4.69) is 31.1 Å². The summed E-state index contributed by atoms with van der Waals surface area (Å²) in [4.78, 5) is 47.3. The van der Waals surface area contributed by atoms with Gasteiger partial charge in [-0.25, -0.2) is 16.8 Å². The molecule has 0 saturated carbocycles. The molecule has 0 heterocycles. The number of aryl methyl sites for hydroxylation is 4. The van der Waals surface area contributed by atoms with Crippen LogP contribution in [0.1, 0.15) is 36.1 Å². The van der Waals surface area contributed by atoms with Crippen LogP contribution in [0.3, 0.4) is 0 Å². The number of para-hydroxylation sites is 2. The van der Waals surface area contributed by atoms with Gasteiger partial charge in [0.25, 0.3) is 11.8 Å². The van der Waals surface area contributed by atoms with Crippen LogP contribution in [-0.4, -0.2) is 110 Å². The Morgan fingerprint density at radius 2 is 0.895 bits per heavy atom. The van der Waals surface area contributed by atoms with Crippen LogP contribution in [0.15, 0.2) is 103 Å². The van der Waals surface area contributed by atoms with Crippen LogP contribution in [0.4, 0.5) is 22.7 Å². The van der Waals surface area contributed by atoms with Crippen LogP contribution >= 0.6 is 23.2 Å². The Morgan fingerprint density at radius 3 is 1.18 bits per heavy atom. The second-order valence-electron chi connectivity index (χ2n) is 12.1. The summed E-state index contributed by atoms with van der Waals surface area (Å²) in [5.74, 6) is -2.68. The number of amides is 2. The molecular formula is C36H34BaCl2N6O10S2. The molecule has 21 heteroatoms. The van der Waals surface area contributed by atoms with E-state index in [-0.39, 0.29) is 70.3 Å². The fourth-order valence-electron chi connectivity index (χ4n) is 4.56. The minimum atomic E-state index is -4.89. The van der Waals surface area contributed by atoms with Gasteiger partial charge in [0, 0.05) is 21.4 Å². The second kappa shape index (κ2) is 21.4. The van der Waals surface area contributed by atoms with Gasteiger partial charge in [0.15, 0.2) is 11.6 Å². The third-order valence-corrected chi connectivity index (χ3v) is 10.2. The first-order valence-corrected chi connectivity index (χ1v) is 19.7. The molecule has 0 bridgehead atoms. The van der Waals surface area contributed by atoms with Gasteiger partial charge in [-0.1, -0.05) is 59.6 Å². The second-order valence-corrected chi connectivity index (χ2v) is 15.6. The van der Waals surface area contributed by atoms with E-state index in [9.17, 15) is 45.1 Å². The number of hydrogen-bond donors (Lipinski definition) is 2. The molecule has 0 spiro atoms. The number of nitrogens with zero attached hydrogens (tertiary/aromatic N) is 4. The van der Waals surface area contributed by atoms with Crippen LogP contribution in [0.25, 0.3) is 0 Å². The van der Waals surface area contributed by atoms with Crippen molar-refractivity contribution in [3.63, 3.8) is 0 Å². The van der Waals surface area contributed by atoms with E-state index < -0.39 is 65.5 Å². The number of rotatable bonds is 12. The Balaban J connectivity index is 0.000000387. The molecule has 57 heavy (non-hydrogen) atoms. The zero-order valence-corrected chi connectivity index (χ0v) is 38.8. The van der Waals surface area contributed by atoms with E-state index in [0.29, 0.717) is 22.5 Å². The number of benzene rings is 4. The number of halogens is 2. The fraction of sp³-hybridized carbons (Fsp3) is 0.222. The predicted molar refractivity (Wildman–Crippen MR) is 212 cm³/mol. The van der Waals surface area contributed by atoms with E-state index in [1.807, 2.05) is 0 Å². The molecule has 4 rings (SSSR count). The van der Waals surface area contributed by atoms with Gasteiger partial charge in [0.1, 0.15) is 31.6 Å². The molecule has 4 aromatic rings. The van der Waals surface area contributed by atoms with Crippen molar-refractivity contribution in [2.75, 3.05) is 10.6 Å². The quantitative estimate of drug-likeness (QED) is 0.0657. The number of Topliss-reactive ketones (excluding diaryl/α,β-unsaturated/α-hetero) is 2. The molecule has 2 unspecified atom stereocenters. The Labute approximate surface area is 379 Å². The van der Waals surface area contributed by atoms with Crippen LogP contribution in [-0.2, 0) is 39.4 Å². The topological polar surface area (TPSA) is 256 Å². The smallest absolute Gasteiger partial charge is 0.744 e. The number of anilines is 2. The third kappa shape index (κ3) is 14.3. The molecule has 0 saturated heterocycles. The van der Waals surface area contributed by atoms with E-state index in [1.165, 1.54) is 12.1 Å². The maximum atomic E-state index is 12.4. The summed E-state index contributed by atoms with van der Waals surface area (Å²) in [5, 5.41) is 20.0. The first-order chi connectivity index (χ1) is 26.0. The van der Waals surface area contributed by atoms with Crippen molar-refractivity contribution in [1.82, 2.24) is 0 Å². The minimum Gasteiger partial charge on any atom is -0.744 e. The number of carbonyl (C=O) groups is 4. The molecule has 0 radical (unpaired) electrons. The Morgan fingerprint density at radius 1 is 0.579 bits per heavy atom. The molecule has 2 amide bonds. The van der Waals surface area contributed by atoms with E-state index in [0.717, 1.165) is 37.1 Å². The zero-order chi connectivity index (χ0) is 42.1. The van der Waals surface area contributed by atoms with Gasteiger partial charge >= 0.3 is 48.9 Å². The third-order valence-electron chi connectivity index (χ3n) is 7.65. The number of ketones is 2. The average molecular weight is 983 g/mol. The molecule has 4 aromatic carbocycles. The van der Waals surface area contributed by atoms with Gasteiger partial charge in [-0.2, -0.15) is 20.5 Å². The Hall–Kier alpha value is -3.67. The van der Waals surface area contributed by atoms with Gasteiger partial charge in [-0.15, -0.1) is 0 Å². The van der Waals surface area contributed by atoms with Gasteiger partial charge in [-0.3, -0.25) is 19.2 Å². The average Bonchev–Trinajstić information content (AvgIpc) is 3.08. The summed E-state index contributed by atoms with van der Waals surface area (Å²) >= 11 is 11.7. The normalized spacial score (nSPS) is 12.5. The first kappa shape index (κ1) is 49.5. The predicted octanol–water partition coefficient (Wildman–Crippen LogP) is 6.70. The van der Waals surface area contributed by atoms with Crippen LogP contribution in [0.5, 0.6) is 0 Å². The zero-order valence-electron chi connectivity index (χ0n) is 31.2. The van der Waals surface area contributed by atoms with Crippen molar-refractivity contribution in [2.45, 2.75) is 63.4 Å². The maximum Gasteiger partial charge on any atom is 2.00 e. The molecule has 2 N–H and O–H groups in total. The first-order valence-electron chi connectivity index (χ1n) is 16.1. The number of azo groups is 2. The number of nitrogens with one attached hydrogen (secondary N) is 2. The van der Waals surface area contributed by atoms with Crippen LogP contribution < -0.4 is 10.6 Å². The van der Waals surface area contributed by atoms with Crippen molar-refractivity contribution in [2.24, 2.45) is 20.5 Å². The van der Waals surface area contributed by atoms with E-state index in [1.54, 1.807) is 76.2 Å². The van der Waals surface area contributed by atoms with Crippen molar-refractivity contribution >= 4 is 138 Å². The summed E-state index contributed by atoms with van der Waals surface area (Å²) in [6, 6.07) is 15.3. The Kier molecular flexibility index (Phi) is 18.5. The molecule has 0 aliphatic carbocycles. The molecule has 2 atom stereocenters. The molecule has 0 fully saturated rings. The van der Waals surface area contributed by atoms with Crippen molar-refractivity contribution in [3.8, 4) is 0 Å². The monoisotopic (exact) mass is 982 g/mol. The van der Waals surface area contributed by atoms with Crippen molar-refractivity contribution in [1.29, 1.82) is 0 Å². The molecule has 0 aromatic heterocycles. The summed E-state index contributed by atoms with van der Waals surface area (Å²) in [5.41, 5.74) is 2.86. The fourth-order valence-corrected chi connectivity index (χ4v) is 6.25. The van der Waals surface area contributed by atoms with Gasteiger partial charge in [0.05, 0.1) is 9.79 Å². The molecule has 0 aliphatic rings. The molecule has 0 aliphatic heterocycles. The molecule has 296 valence electrons. The van der Waals surface area contributed by atoms with Crippen LogP contribution in [0, 0.1) is 27.7 Å². The largest absolute Gasteiger partial charge is 2.00 e. The molecule has 16 nitrogen and oxygen atoms in total. The standard InChI is InChI=1S/2C18H18ClN3O5S.Ba/c2*1-10-6-4-5-7-14(10)20-18(24)17(12(3)23)22-21-15-8-11(2)13(19)9-16(15)28(25,26)27;/h2*4-9,17H,1-3H3,(H,20,24)(H,25,26,27);/q;;+2/p-2. The summed E-state index contributed by atoms with van der Waals surface area (Å²) in [6.07, 6.45) is 0. The van der Waals surface area contributed by atoms with Gasteiger partial charge < -0.3 is 19.7 Å². The summed E-state index contributed by atoms with van der Waals surface area (Å²) in [7, 11) is -9.78. The summed E-state index contributed by atoms with van der Waals surface area (Å²) in [6.45, 7) is 9.02. The number of carbonyl (C=O) groups excluding carboxylic acids is 4. The number of hydrogen-bond acceptors (Lipinski definition) is 14. The van der Waals surface area contributed by atoms with Crippen LogP contribution in [0.2, 0.25) is 10.0 Å². The van der Waals surface area contributed by atoms with Gasteiger partial charge in [0.2, 0.25) is 12.1 Å². The molecular weight excluding hydrogens is 949 g/mol. The minimum absolute atomic E-state index is 0. The maximum absolute atomic E-state index is 12.4. The van der Waals surface area contributed by atoms with Gasteiger partial charge in [-0.05, 0) is 100 Å². The van der Waals surface area contributed by atoms with E-state index in [4.69, 9.17) is 23.2 Å². The van der Waals surface area contributed by atoms with Crippen molar-refractivity contribution < 1.29 is 45.1 Å². The SMILES string of the molecule is CC(=O)C(N=Nc1cc(C)c(Cl)cc1S(=O)(=O)[O-])C(=O)Nc1ccccc1C.CC(=O)C(N=Nc1cc(C)c(Cl)cc1S(=O)(=O)[O-])C(=O)Nc1ccccc1C.[Ba+2]. The Bertz CT molecular complexity index is 2310. The van der Waals surface area contributed by atoms with Crippen molar-refractivity contribution in [3.05, 3.63) is 105 Å². The summed E-state index contributed by atoms with van der Waals surface area (Å²) < 4.78 is 68.7.